The van der Waals surface area contributed by atoms with Gasteiger partial charge >= 0.3 is 0 Å². The molecule has 2 aliphatic heterocycles. The lowest BCUT2D eigenvalue weighted by atomic mass is 9.94. The summed E-state index contributed by atoms with van der Waals surface area (Å²) in [6, 6.07) is 16.3. The normalized spacial score (nSPS) is 18.5. The third kappa shape index (κ3) is 3.65. The molecule has 7 heteroatoms. The minimum atomic E-state index is -0.828. The number of hydrogen-bond acceptors (Lipinski definition) is 6. The summed E-state index contributed by atoms with van der Waals surface area (Å²) in [4.78, 5) is 27.9. The third-order valence-corrected chi connectivity index (χ3v) is 6.24. The number of benzene rings is 3. The summed E-state index contributed by atoms with van der Waals surface area (Å²) < 4.78 is 10.7. The van der Waals surface area contributed by atoms with Crippen LogP contribution >= 0.6 is 0 Å². The molecule has 172 valence electrons. The highest BCUT2D eigenvalue weighted by Gasteiger charge is 2.46. The first-order valence-corrected chi connectivity index (χ1v) is 10.9. The van der Waals surface area contributed by atoms with Gasteiger partial charge in [0.25, 0.3) is 11.7 Å². The molecule has 0 spiro atoms. The Morgan fingerprint density at radius 1 is 0.971 bits per heavy atom. The van der Waals surface area contributed by atoms with Crippen LogP contribution in [-0.4, -0.2) is 33.6 Å². The van der Waals surface area contributed by atoms with E-state index in [-0.39, 0.29) is 30.4 Å². The maximum absolute atomic E-state index is 13.2. The monoisotopic (exact) mass is 457 g/mol. The average molecular weight is 457 g/mol. The molecule has 2 heterocycles. The molecule has 2 aliphatic rings. The molecule has 3 aromatic carbocycles. The van der Waals surface area contributed by atoms with Crippen molar-refractivity contribution in [3.05, 3.63) is 94.1 Å². The van der Waals surface area contributed by atoms with Gasteiger partial charge in [0.2, 0.25) is 6.79 Å². The summed E-state index contributed by atoms with van der Waals surface area (Å²) in [5.41, 5.74) is 3.88. The van der Waals surface area contributed by atoms with Crippen LogP contribution in [0.2, 0.25) is 0 Å². The Labute approximate surface area is 196 Å². The SMILES string of the molecule is Cc1ccc(C)c(CN2C(=O)C(=O)/C(=C(\O)c3ccc4c(c3)OCO4)C2c2ccc(O)cc2)c1. The van der Waals surface area contributed by atoms with Crippen LogP contribution in [-0.2, 0) is 16.1 Å². The van der Waals surface area contributed by atoms with E-state index in [9.17, 15) is 19.8 Å². The fourth-order valence-corrected chi connectivity index (χ4v) is 4.40. The van der Waals surface area contributed by atoms with Crippen LogP contribution in [0.5, 0.6) is 17.2 Å². The van der Waals surface area contributed by atoms with Gasteiger partial charge < -0.3 is 24.6 Å². The molecule has 2 N–H and O–H groups in total. The lowest BCUT2D eigenvalue weighted by Crippen LogP contribution is -2.29. The minimum absolute atomic E-state index is 0.0140. The van der Waals surface area contributed by atoms with Gasteiger partial charge in [0.1, 0.15) is 11.5 Å². The molecule has 1 atom stereocenters. The number of amides is 1. The van der Waals surface area contributed by atoms with Crippen LogP contribution in [0.1, 0.15) is 33.9 Å². The molecule has 0 aromatic heterocycles. The van der Waals surface area contributed by atoms with Gasteiger partial charge in [-0.05, 0) is 60.9 Å². The van der Waals surface area contributed by atoms with Crippen molar-refractivity contribution >= 4 is 17.4 Å². The van der Waals surface area contributed by atoms with E-state index < -0.39 is 17.7 Å². The second-order valence-corrected chi connectivity index (χ2v) is 8.52. The zero-order valence-corrected chi connectivity index (χ0v) is 18.7. The van der Waals surface area contributed by atoms with Crippen molar-refractivity contribution in [2.75, 3.05) is 6.79 Å². The van der Waals surface area contributed by atoms with E-state index in [1.54, 1.807) is 30.3 Å². The predicted molar refractivity (Wildman–Crippen MR) is 124 cm³/mol. The number of nitrogens with zero attached hydrogens (tertiary/aromatic N) is 1. The van der Waals surface area contributed by atoms with Gasteiger partial charge in [-0.2, -0.15) is 0 Å². The van der Waals surface area contributed by atoms with Crippen molar-refractivity contribution < 1.29 is 29.3 Å². The number of phenolic OH excluding ortho intramolecular Hbond substituents is 1. The zero-order chi connectivity index (χ0) is 24.0. The summed E-state index contributed by atoms with van der Waals surface area (Å²) in [6.45, 7) is 4.19. The summed E-state index contributed by atoms with van der Waals surface area (Å²) in [7, 11) is 0. The Balaban J connectivity index is 1.65. The van der Waals surface area contributed by atoms with E-state index in [0.717, 1.165) is 16.7 Å². The van der Waals surface area contributed by atoms with Gasteiger partial charge in [-0.3, -0.25) is 9.59 Å². The molecule has 34 heavy (non-hydrogen) atoms. The minimum Gasteiger partial charge on any atom is -0.508 e. The summed E-state index contributed by atoms with van der Waals surface area (Å²) in [5, 5.41) is 21.0. The molecule has 3 aromatic rings. The first-order chi connectivity index (χ1) is 16.3. The van der Waals surface area contributed by atoms with Crippen molar-refractivity contribution in [3.63, 3.8) is 0 Å². The number of fused-ring (bicyclic) bond motifs is 1. The highest BCUT2D eigenvalue weighted by Crippen LogP contribution is 2.42. The first kappa shape index (κ1) is 21.6. The van der Waals surface area contributed by atoms with E-state index in [4.69, 9.17) is 9.47 Å². The van der Waals surface area contributed by atoms with Crippen LogP contribution in [0.25, 0.3) is 5.76 Å². The maximum Gasteiger partial charge on any atom is 0.295 e. The number of aliphatic hydroxyl groups excluding tert-OH is 1. The average Bonchev–Trinajstić information content (AvgIpc) is 3.39. The van der Waals surface area contributed by atoms with Crippen LogP contribution in [0.15, 0.2) is 66.2 Å². The topological polar surface area (TPSA) is 96.3 Å². The van der Waals surface area contributed by atoms with Crippen molar-refractivity contribution in [2.24, 2.45) is 0 Å². The predicted octanol–water partition coefficient (Wildman–Crippen LogP) is 4.36. The number of rotatable bonds is 4. The number of likely N-dealkylation sites (tertiary alicyclic amines) is 1. The Morgan fingerprint density at radius 2 is 1.71 bits per heavy atom. The number of carbonyl (C=O) groups excluding carboxylic acids is 2. The molecule has 0 radical (unpaired) electrons. The lowest BCUT2D eigenvalue weighted by molar-refractivity contribution is -0.140. The number of hydrogen-bond donors (Lipinski definition) is 2. The van der Waals surface area contributed by atoms with Gasteiger partial charge in [-0.1, -0.05) is 35.9 Å². The van der Waals surface area contributed by atoms with Crippen LogP contribution in [0.3, 0.4) is 0 Å². The molecular weight excluding hydrogens is 434 g/mol. The zero-order valence-electron chi connectivity index (χ0n) is 18.7. The molecule has 1 unspecified atom stereocenters. The number of aryl methyl sites for hydroxylation is 2. The summed E-state index contributed by atoms with van der Waals surface area (Å²) in [5.74, 6) is -0.694. The van der Waals surface area contributed by atoms with E-state index in [1.165, 1.54) is 17.0 Å². The fourth-order valence-electron chi connectivity index (χ4n) is 4.40. The second-order valence-electron chi connectivity index (χ2n) is 8.52. The van der Waals surface area contributed by atoms with E-state index in [2.05, 4.69) is 0 Å². The Bertz CT molecular complexity index is 1340. The van der Waals surface area contributed by atoms with Crippen LogP contribution in [0.4, 0.5) is 0 Å². The van der Waals surface area contributed by atoms with E-state index >= 15 is 0 Å². The van der Waals surface area contributed by atoms with Crippen molar-refractivity contribution in [2.45, 2.75) is 26.4 Å². The molecule has 0 saturated carbocycles. The Morgan fingerprint density at radius 3 is 2.47 bits per heavy atom. The van der Waals surface area contributed by atoms with Gasteiger partial charge in [0.15, 0.2) is 11.5 Å². The standard InChI is InChI=1S/C27H23NO6/c1-15-3-4-16(2)19(11-15)13-28-24(17-5-8-20(29)9-6-17)23(26(31)27(28)32)25(30)18-7-10-21-22(12-18)34-14-33-21/h3-12,24,29-30H,13-14H2,1-2H3/b25-23-. The third-order valence-electron chi connectivity index (χ3n) is 6.24. The second kappa shape index (κ2) is 8.26. The fraction of sp³-hybridized carbons (Fsp3) is 0.185. The molecule has 1 fully saturated rings. The van der Waals surface area contributed by atoms with Gasteiger partial charge in [0.05, 0.1) is 11.6 Å². The molecular formula is C27H23NO6. The van der Waals surface area contributed by atoms with Crippen LogP contribution < -0.4 is 9.47 Å². The van der Waals surface area contributed by atoms with Gasteiger partial charge in [-0.15, -0.1) is 0 Å². The lowest BCUT2D eigenvalue weighted by Gasteiger charge is -2.26. The number of ketones is 1. The maximum atomic E-state index is 13.2. The van der Waals surface area contributed by atoms with Crippen LogP contribution in [0, 0.1) is 13.8 Å². The number of carbonyl (C=O) groups is 2. The highest BCUT2D eigenvalue weighted by molar-refractivity contribution is 6.46. The largest absolute Gasteiger partial charge is 0.508 e. The van der Waals surface area contributed by atoms with Gasteiger partial charge in [0, 0.05) is 12.1 Å². The number of phenols is 1. The van der Waals surface area contributed by atoms with E-state index in [1.807, 2.05) is 32.0 Å². The van der Waals surface area contributed by atoms with Crippen molar-refractivity contribution in [1.29, 1.82) is 0 Å². The molecule has 1 amide bonds. The highest BCUT2D eigenvalue weighted by atomic mass is 16.7. The number of aliphatic hydroxyl groups is 1. The molecule has 5 rings (SSSR count). The Kier molecular flexibility index (Phi) is 5.24. The molecule has 1 saturated heterocycles. The van der Waals surface area contributed by atoms with E-state index in [0.29, 0.717) is 22.6 Å². The van der Waals surface area contributed by atoms with Crippen molar-refractivity contribution in [1.82, 2.24) is 4.90 Å². The Hall–Kier alpha value is -4.26. The summed E-state index contributed by atoms with van der Waals surface area (Å²) in [6.07, 6.45) is 0. The van der Waals surface area contributed by atoms with Gasteiger partial charge in [-0.25, -0.2) is 0 Å². The summed E-state index contributed by atoms with van der Waals surface area (Å²) >= 11 is 0. The first-order valence-electron chi connectivity index (χ1n) is 10.9. The smallest absolute Gasteiger partial charge is 0.295 e. The quantitative estimate of drug-likeness (QED) is 0.343. The van der Waals surface area contributed by atoms with Crippen molar-refractivity contribution in [3.8, 4) is 17.2 Å². The number of ether oxygens (including phenoxy) is 2. The molecule has 0 aliphatic carbocycles. The molecule has 7 nitrogen and oxygen atoms in total. The number of Topliss-reactive ketones (excluding diaryl/α,β-unsaturated/α-hetero) is 1. The number of aromatic hydroxyl groups is 1. The molecule has 0 bridgehead atoms.